The monoisotopic (exact) mass is 245 g/mol. The number of carbonyl (C=O) groups is 1. The molecule has 0 aliphatic heterocycles. The number of rotatable bonds is 2. The number of aromatic hydroxyl groups is 1. The lowest BCUT2D eigenvalue weighted by atomic mass is 10.3. The number of H-pyrrole nitrogens is 1. The lowest BCUT2D eigenvalue weighted by Crippen LogP contribution is -2.39. The van der Waals surface area contributed by atoms with E-state index in [0.717, 1.165) is 0 Å². The summed E-state index contributed by atoms with van der Waals surface area (Å²) in [5.41, 5.74) is -2.37. The van der Waals surface area contributed by atoms with E-state index in [2.05, 4.69) is 0 Å². The van der Waals surface area contributed by atoms with E-state index in [1.807, 2.05) is 0 Å². The molecule has 0 saturated carbocycles. The van der Waals surface area contributed by atoms with E-state index < -0.39 is 34.9 Å². The van der Waals surface area contributed by atoms with Crippen LogP contribution in [0.3, 0.4) is 0 Å². The average Bonchev–Trinajstić information content (AvgIpc) is 2.24. The Morgan fingerprint density at radius 1 is 1.47 bits per heavy atom. The predicted octanol–water partition coefficient (Wildman–Crippen LogP) is -0.969. The zero-order valence-electron chi connectivity index (χ0n) is 9.52. The first-order valence-corrected chi connectivity index (χ1v) is 4.71. The Hall–Kier alpha value is -2.12. The molecule has 0 aliphatic carbocycles. The average molecular weight is 245 g/mol. The fourth-order valence-corrected chi connectivity index (χ4v) is 1.36. The third-order valence-corrected chi connectivity index (χ3v) is 2.25. The van der Waals surface area contributed by atoms with Crippen LogP contribution < -0.4 is 11.2 Å². The maximum atomic E-state index is 13.1. The van der Waals surface area contributed by atoms with Crippen LogP contribution in [0.15, 0.2) is 9.59 Å². The first kappa shape index (κ1) is 12.9. The van der Waals surface area contributed by atoms with E-state index in [1.54, 1.807) is 4.98 Å². The zero-order chi connectivity index (χ0) is 13.3. The van der Waals surface area contributed by atoms with Gasteiger partial charge in [-0.3, -0.25) is 14.6 Å². The summed E-state index contributed by atoms with van der Waals surface area (Å²) >= 11 is 0. The fraction of sp³-hybridized carbons (Fsp3) is 0.444. The van der Waals surface area contributed by atoms with Gasteiger partial charge in [-0.2, -0.15) is 4.39 Å². The van der Waals surface area contributed by atoms with Gasteiger partial charge in [0.2, 0.25) is 17.6 Å². The van der Waals surface area contributed by atoms with E-state index in [9.17, 15) is 23.9 Å². The summed E-state index contributed by atoms with van der Waals surface area (Å²) in [7, 11) is 2.89. The van der Waals surface area contributed by atoms with Gasteiger partial charge in [0.05, 0.1) is 0 Å². The second-order valence-corrected chi connectivity index (χ2v) is 3.68. The molecule has 0 fully saturated rings. The van der Waals surface area contributed by atoms with Gasteiger partial charge in [-0.1, -0.05) is 0 Å². The Morgan fingerprint density at radius 3 is 2.47 bits per heavy atom. The van der Waals surface area contributed by atoms with Gasteiger partial charge in [0.25, 0.3) is 5.56 Å². The molecule has 0 spiro atoms. The van der Waals surface area contributed by atoms with Crippen LogP contribution in [0.5, 0.6) is 5.88 Å². The van der Waals surface area contributed by atoms with Crippen molar-refractivity contribution in [1.29, 1.82) is 0 Å². The molecule has 1 aromatic rings. The number of carbonyl (C=O) groups excluding carboxylic acids is 1. The fourth-order valence-electron chi connectivity index (χ4n) is 1.36. The molecule has 0 aromatic carbocycles. The topological polar surface area (TPSA) is 95.4 Å². The van der Waals surface area contributed by atoms with Crippen LogP contribution in [0.1, 0.15) is 13.0 Å². The molecular weight excluding hydrogens is 233 g/mol. The first-order chi connectivity index (χ1) is 7.77. The summed E-state index contributed by atoms with van der Waals surface area (Å²) < 4.78 is 13.6. The number of nitrogens with zero attached hydrogens (tertiary/aromatic N) is 2. The van der Waals surface area contributed by atoms with Crippen molar-refractivity contribution in [3.05, 3.63) is 26.7 Å². The van der Waals surface area contributed by atoms with Crippen molar-refractivity contribution in [2.24, 2.45) is 0 Å². The zero-order valence-corrected chi connectivity index (χ0v) is 9.52. The molecule has 8 heteroatoms. The Kier molecular flexibility index (Phi) is 3.35. The molecule has 1 rings (SSSR count). The van der Waals surface area contributed by atoms with Crippen LogP contribution in [0, 0.1) is 5.82 Å². The van der Waals surface area contributed by atoms with Gasteiger partial charge < -0.3 is 10.0 Å². The molecule has 0 bridgehead atoms. The predicted molar refractivity (Wildman–Crippen MR) is 56.4 cm³/mol. The highest BCUT2D eigenvalue weighted by atomic mass is 19.1. The third kappa shape index (κ3) is 2.19. The van der Waals surface area contributed by atoms with Gasteiger partial charge >= 0.3 is 5.69 Å². The largest absolute Gasteiger partial charge is 0.492 e. The molecule has 17 heavy (non-hydrogen) atoms. The lowest BCUT2D eigenvalue weighted by Gasteiger charge is -2.19. The van der Waals surface area contributed by atoms with E-state index in [-0.39, 0.29) is 0 Å². The van der Waals surface area contributed by atoms with Crippen LogP contribution in [0.4, 0.5) is 4.39 Å². The minimum atomic E-state index is -1.50. The molecule has 0 saturated heterocycles. The summed E-state index contributed by atoms with van der Waals surface area (Å²) in [4.78, 5) is 36.7. The second kappa shape index (κ2) is 4.40. The summed E-state index contributed by atoms with van der Waals surface area (Å²) in [5.74, 6) is -3.17. The number of hydrogen-bond donors (Lipinski definition) is 2. The van der Waals surface area contributed by atoms with Crippen LogP contribution in [0.2, 0.25) is 0 Å². The van der Waals surface area contributed by atoms with Crippen LogP contribution in [0.25, 0.3) is 0 Å². The number of nitrogens with one attached hydrogen (secondary N) is 1. The van der Waals surface area contributed by atoms with Crippen LogP contribution in [-0.4, -0.2) is 39.6 Å². The quantitative estimate of drug-likeness (QED) is 0.700. The van der Waals surface area contributed by atoms with Crippen molar-refractivity contribution in [3.8, 4) is 5.88 Å². The Morgan fingerprint density at radius 2 is 2.00 bits per heavy atom. The van der Waals surface area contributed by atoms with Crippen molar-refractivity contribution < 1.29 is 14.3 Å². The number of amides is 1. The maximum absolute atomic E-state index is 13.1. The normalized spacial score (nSPS) is 12.2. The van der Waals surface area contributed by atoms with Crippen LogP contribution >= 0.6 is 0 Å². The number of hydrogen-bond acceptors (Lipinski definition) is 4. The number of halogens is 1. The Balaban J connectivity index is 3.43. The smallest absolute Gasteiger partial charge is 0.332 e. The summed E-state index contributed by atoms with van der Waals surface area (Å²) in [6.07, 6.45) is 0. The van der Waals surface area contributed by atoms with E-state index >= 15 is 0 Å². The molecular formula is C9H12FN3O4. The molecule has 1 amide bonds. The summed E-state index contributed by atoms with van der Waals surface area (Å²) in [6, 6.07) is -1.12. The SMILES string of the molecule is CC(C(=O)N(C)C)n1c(O)c(F)c(=O)[nH]c1=O. The Bertz CT molecular complexity index is 560. The van der Waals surface area contributed by atoms with Gasteiger partial charge in [-0.15, -0.1) is 0 Å². The first-order valence-electron chi connectivity index (χ1n) is 4.71. The molecule has 94 valence electrons. The number of likely N-dealkylation sites (N-methyl/N-ethyl adjacent to an activating group) is 1. The second-order valence-electron chi connectivity index (χ2n) is 3.68. The van der Waals surface area contributed by atoms with Gasteiger partial charge in [-0.25, -0.2) is 9.36 Å². The van der Waals surface area contributed by atoms with E-state index in [1.165, 1.54) is 25.9 Å². The minimum absolute atomic E-state index is 0.485. The van der Waals surface area contributed by atoms with Crippen molar-refractivity contribution in [1.82, 2.24) is 14.5 Å². The van der Waals surface area contributed by atoms with Crippen LogP contribution in [-0.2, 0) is 4.79 Å². The molecule has 1 atom stereocenters. The third-order valence-electron chi connectivity index (χ3n) is 2.25. The van der Waals surface area contributed by atoms with E-state index in [0.29, 0.717) is 4.57 Å². The minimum Gasteiger partial charge on any atom is -0.492 e. The Labute approximate surface area is 95.1 Å². The highest BCUT2D eigenvalue weighted by molar-refractivity contribution is 5.79. The summed E-state index contributed by atoms with van der Waals surface area (Å²) in [6.45, 7) is 1.31. The molecule has 7 nitrogen and oxygen atoms in total. The highest BCUT2D eigenvalue weighted by Gasteiger charge is 2.24. The number of aromatic nitrogens is 2. The van der Waals surface area contributed by atoms with Crippen molar-refractivity contribution in [3.63, 3.8) is 0 Å². The van der Waals surface area contributed by atoms with Crippen molar-refractivity contribution in [2.45, 2.75) is 13.0 Å². The molecule has 1 heterocycles. The molecule has 0 radical (unpaired) electrons. The molecule has 0 aliphatic rings. The van der Waals surface area contributed by atoms with Gasteiger partial charge in [0, 0.05) is 14.1 Å². The van der Waals surface area contributed by atoms with Crippen molar-refractivity contribution in [2.75, 3.05) is 14.1 Å². The van der Waals surface area contributed by atoms with Gasteiger partial charge in [0.1, 0.15) is 6.04 Å². The number of aromatic amines is 1. The highest BCUT2D eigenvalue weighted by Crippen LogP contribution is 2.15. The molecule has 1 aromatic heterocycles. The molecule has 2 N–H and O–H groups in total. The maximum Gasteiger partial charge on any atom is 0.332 e. The van der Waals surface area contributed by atoms with Crippen molar-refractivity contribution >= 4 is 5.91 Å². The van der Waals surface area contributed by atoms with E-state index in [4.69, 9.17) is 0 Å². The standard InChI is InChI=1S/C9H12FN3O4/c1-4(7(15)12(2)3)13-8(16)5(10)6(14)11-9(13)17/h4,16H,1-3H3,(H,11,14,17). The van der Waals surface area contributed by atoms with Gasteiger partial charge in [-0.05, 0) is 6.92 Å². The van der Waals surface area contributed by atoms with Gasteiger partial charge in [0.15, 0.2) is 0 Å². The lowest BCUT2D eigenvalue weighted by molar-refractivity contribution is -0.131. The summed E-state index contributed by atoms with van der Waals surface area (Å²) in [5, 5.41) is 9.36. The molecule has 1 unspecified atom stereocenters.